The van der Waals surface area contributed by atoms with Gasteiger partial charge in [-0.1, -0.05) is 12.5 Å². The zero-order chi connectivity index (χ0) is 16.5. The molecule has 1 fully saturated rings. The highest BCUT2D eigenvalue weighted by Crippen LogP contribution is 2.36. The SMILES string of the molecule is C#C[C@]1(CO)O[C@@H](n2cc(Br)c(NC=C)nc2=O)[C@@H](O)[C@@H]1O. The van der Waals surface area contributed by atoms with Crippen LogP contribution in [0.15, 0.2) is 28.2 Å². The average molecular weight is 372 g/mol. The van der Waals surface area contributed by atoms with Crippen LogP contribution in [0, 0.1) is 12.3 Å². The fraction of sp³-hybridized carbons (Fsp3) is 0.385. The van der Waals surface area contributed by atoms with Crippen molar-refractivity contribution in [3.63, 3.8) is 0 Å². The maximum atomic E-state index is 12.1. The van der Waals surface area contributed by atoms with Crippen LogP contribution in [0.25, 0.3) is 0 Å². The lowest BCUT2D eigenvalue weighted by Crippen LogP contribution is -2.45. The van der Waals surface area contributed by atoms with E-state index in [4.69, 9.17) is 11.2 Å². The number of aromatic nitrogens is 2. The number of ether oxygens (including phenoxy) is 1. The number of anilines is 1. The fourth-order valence-electron chi connectivity index (χ4n) is 2.13. The van der Waals surface area contributed by atoms with Crippen LogP contribution >= 0.6 is 15.9 Å². The predicted molar refractivity (Wildman–Crippen MR) is 80.8 cm³/mol. The van der Waals surface area contributed by atoms with Crippen LogP contribution in [0.1, 0.15) is 6.23 Å². The van der Waals surface area contributed by atoms with Gasteiger partial charge in [0.05, 0.1) is 11.1 Å². The fourth-order valence-corrected chi connectivity index (χ4v) is 2.55. The minimum absolute atomic E-state index is 0.231. The van der Waals surface area contributed by atoms with E-state index in [1.165, 1.54) is 12.4 Å². The molecule has 9 heteroatoms. The summed E-state index contributed by atoms with van der Waals surface area (Å²) in [4.78, 5) is 15.8. The molecular weight excluding hydrogens is 358 g/mol. The van der Waals surface area contributed by atoms with Crippen molar-refractivity contribution in [1.29, 1.82) is 0 Å². The van der Waals surface area contributed by atoms with Gasteiger partial charge in [0.1, 0.15) is 12.2 Å². The molecule has 0 radical (unpaired) electrons. The topological polar surface area (TPSA) is 117 Å². The maximum Gasteiger partial charge on any atom is 0.351 e. The Kier molecular flexibility index (Phi) is 4.69. The van der Waals surface area contributed by atoms with E-state index < -0.39 is 36.3 Å². The zero-order valence-corrected chi connectivity index (χ0v) is 12.9. The third-order valence-electron chi connectivity index (χ3n) is 3.32. The first-order valence-electron chi connectivity index (χ1n) is 6.19. The number of nitrogens with one attached hydrogen (secondary N) is 1. The van der Waals surface area contributed by atoms with E-state index in [0.29, 0.717) is 4.47 Å². The number of aliphatic hydroxyl groups is 3. The van der Waals surface area contributed by atoms with Crippen molar-refractivity contribution in [2.75, 3.05) is 11.9 Å². The first kappa shape index (κ1) is 16.7. The van der Waals surface area contributed by atoms with Crippen molar-refractivity contribution in [3.8, 4) is 12.3 Å². The Morgan fingerprint density at radius 3 is 2.86 bits per heavy atom. The molecule has 0 aromatic carbocycles. The minimum Gasteiger partial charge on any atom is -0.392 e. The summed E-state index contributed by atoms with van der Waals surface area (Å²) >= 11 is 3.21. The van der Waals surface area contributed by atoms with Crippen LogP contribution in [-0.4, -0.2) is 49.3 Å². The van der Waals surface area contributed by atoms with Gasteiger partial charge in [0.2, 0.25) is 0 Å². The second-order valence-corrected chi connectivity index (χ2v) is 5.47. The molecule has 8 nitrogen and oxygen atoms in total. The predicted octanol–water partition coefficient (Wildman–Crippen LogP) is -0.824. The highest BCUT2D eigenvalue weighted by atomic mass is 79.9. The van der Waals surface area contributed by atoms with Crippen LogP contribution in [0.5, 0.6) is 0 Å². The lowest BCUT2D eigenvalue weighted by Gasteiger charge is -2.23. The van der Waals surface area contributed by atoms with Crippen LogP contribution < -0.4 is 11.0 Å². The molecule has 0 bridgehead atoms. The maximum absolute atomic E-state index is 12.1. The summed E-state index contributed by atoms with van der Waals surface area (Å²) in [6.07, 6.45) is 3.59. The molecule has 1 saturated heterocycles. The molecule has 0 saturated carbocycles. The zero-order valence-electron chi connectivity index (χ0n) is 11.3. The van der Waals surface area contributed by atoms with Gasteiger partial charge in [-0.05, 0) is 22.1 Å². The number of hydrogen-bond donors (Lipinski definition) is 4. The second-order valence-electron chi connectivity index (χ2n) is 4.61. The van der Waals surface area contributed by atoms with Gasteiger partial charge in [0, 0.05) is 6.20 Å². The Morgan fingerprint density at radius 1 is 1.68 bits per heavy atom. The summed E-state index contributed by atoms with van der Waals surface area (Å²) in [7, 11) is 0. The van der Waals surface area contributed by atoms with Gasteiger partial charge < -0.3 is 25.4 Å². The van der Waals surface area contributed by atoms with Crippen molar-refractivity contribution in [2.24, 2.45) is 0 Å². The first-order chi connectivity index (χ1) is 10.4. The highest BCUT2D eigenvalue weighted by Gasteiger charge is 2.54. The molecular formula is C13H14BrN3O5. The molecule has 2 heterocycles. The van der Waals surface area contributed by atoms with Crippen LogP contribution in [0.2, 0.25) is 0 Å². The summed E-state index contributed by atoms with van der Waals surface area (Å²) in [5.41, 5.74) is -2.52. The number of halogens is 1. The number of hydrogen-bond acceptors (Lipinski definition) is 7. The minimum atomic E-state index is -1.78. The molecule has 22 heavy (non-hydrogen) atoms. The largest absolute Gasteiger partial charge is 0.392 e. The normalized spacial score (nSPS) is 30.8. The molecule has 1 aromatic rings. The van der Waals surface area contributed by atoms with E-state index in [9.17, 15) is 20.1 Å². The summed E-state index contributed by atoms with van der Waals surface area (Å²) < 4.78 is 6.74. The van der Waals surface area contributed by atoms with Crippen LogP contribution in [-0.2, 0) is 4.74 Å². The van der Waals surface area contributed by atoms with Crippen molar-refractivity contribution in [3.05, 3.63) is 33.9 Å². The number of terminal acetylenes is 1. The Labute approximate surface area is 134 Å². The van der Waals surface area contributed by atoms with Crippen molar-refractivity contribution >= 4 is 21.7 Å². The van der Waals surface area contributed by atoms with E-state index in [2.05, 4.69) is 38.7 Å². The van der Waals surface area contributed by atoms with Crippen molar-refractivity contribution in [2.45, 2.75) is 24.0 Å². The summed E-state index contributed by atoms with van der Waals surface area (Å²) in [5, 5.41) is 32.1. The summed E-state index contributed by atoms with van der Waals surface area (Å²) in [5.74, 6) is 2.35. The Balaban J connectivity index is 2.45. The van der Waals surface area contributed by atoms with Gasteiger partial charge in [-0.3, -0.25) is 4.57 Å². The first-order valence-corrected chi connectivity index (χ1v) is 6.98. The van der Waals surface area contributed by atoms with E-state index in [1.54, 1.807) is 0 Å². The van der Waals surface area contributed by atoms with Crippen molar-refractivity contribution < 1.29 is 20.1 Å². The molecule has 2 rings (SSSR count). The van der Waals surface area contributed by atoms with Gasteiger partial charge in [-0.2, -0.15) is 4.98 Å². The van der Waals surface area contributed by atoms with E-state index in [1.807, 2.05) is 0 Å². The molecule has 1 aromatic heterocycles. The van der Waals surface area contributed by atoms with Crippen LogP contribution in [0.3, 0.4) is 0 Å². The number of aliphatic hydroxyl groups excluding tert-OH is 3. The lowest BCUT2D eigenvalue weighted by atomic mass is 9.97. The third-order valence-corrected chi connectivity index (χ3v) is 3.90. The monoisotopic (exact) mass is 371 g/mol. The molecule has 0 unspecified atom stereocenters. The summed E-state index contributed by atoms with van der Waals surface area (Å²) in [6, 6.07) is 0. The molecule has 0 spiro atoms. The Hall–Kier alpha value is -1.70. The smallest absolute Gasteiger partial charge is 0.351 e. The summed E-state index contributed by atoms with van der Waals surface area (Å²) in [6.45, 7) is 2.75. The van der Waals surface area contributed by atoms with Gasteiger partial charge in [-0.25, -0.2) is 4.79 Å². The average Bonchev–Trinajstić information content (AvgIpc) is 2.76. The Bertz CT molecular complexity index is 685. The van der Waals surface area contributed by atoms with Gasteiger partial charge in [-0.15, -0.1) is 6.42 Å². The molecule has 118 valence electrons. The second kappa shape index (κ2) is 6.20. The van der Waals surface area contributed by atoms with Gasteiger partial charge >= 0.3 is 5.69 Å². The van der Waals surface area contributed by atoms with Crippen LogP contribution in [0.4, 0.5) is 5.82 Å². The van der Waals surface area contributed by atoms with Gasteiger partial charge in [0.15, 0.2) is 17.6 Å². The number of nitrogens with zero attached hydrogens (tertiary/aromatic N) is 2. The van der Waals surface area contributed by atoms with E-state index in [-0.39, 0.29) is 5.82 Å². The molecule has 1 aliphatic rings. The number of rotatable bonds is 4. The van der Waals surface area contributed by atoms with E-state index >= 15 is 0 Å². The third kappa shape index (κ3) is 2.55. The highest BCUT2D eigenvalue weighted by molar-refractivity contribution is 9.10. The molecule has 1 aliphatic heterocycles. The molecule has 4 atom stereocenters. The Morgan fingerprint density at radius 2 is 2.36 bits per heavy atom. The lowest BCUT2D eigenvalue weighted by molar-refractivity contribution is -0.0936. The van der Waals surface area contributed by atoms with E-state index in [0.717, 1.165) is 4.57 Å². The van der Waals surface area contributed by atoms with Gasteiger partial charge in [0.25, 0.3) is 0 Å². The molecule has 4 N–H and O–H groups in total. The van der Waals surface area contributed by atoms with Crippen molar-refractivity contribution in [1.82, 2.24) is 9.55 Å². The molecule has 0 aliphatic carbocycles. The molecule has 0 amide bonds. The standard InChI is InChI=1S/C13H14BrN3O5/c1-3-13(6-18)9(20)8(19)11(22-13)17-5-7(14)10(15-4-2)16-12(17)21/h1,4-5,8-9,11,18-20H,2,6H2,(H,15,16,21)/t8-,9-,11+,13+/m0/s1. The quantitative estimate of drug-likeness (QED) is 0.510.